The summed E-state index contributed by atoms with van der Waals surface area (Å²) in [6.45, 7) is 2.30. The second kappa shape index (κ2) is 6.94. The Bertz CT molecular complexity index is 493. The summed E-state index contributed by atoms with van der Waals surface area (Å²) in [5, 5.41) is 8.89. The lowest BCUT2D eigenvalue weighted by molar-refractivity contribution is -0.137. The van der Waals surface area contributed by atoms with Gasteiger partial charge < -0.3 is 15.6 Å². The van der Waals surface area contributed by atoms with E-state index in [2.05, 4.69) is 6.92 Å². The third kappa shape index (κ3) is 3.97. The maximum atomic E-state index is 10.8. The minimum atomic E-state index is -0.869. The number of carboxylic acids is 1. The van der Waals surface area contributed by atoms with Crippen molar-refractivity contribution in [3.8, 4) is 5.75 Å². The summed E-state index contributed by atoms with van der Waals surface area (Å²) in [4.78, 5) is 10.8. The number of hydrogen-bond acceptors (Lipinski definition) is 3. The normalized spacial score (nSPS) is 23.6. The van der Waals surface area contributed by atoms with Gasteiger partial charge in [0.2, 0.25) is 0 Å². The van der Waals surface area contributed by atoms with Gasteiger partial charge in [-0.25, -0.2) is 0 Å². The standard InChI is InChI=1S/C17H25NO3/c1-11-3-5-12(6-4-11)14-9-13(7-8-16(14)21-2)15(18)10-17(19)20/h7-9,11-12,15H,3-6,10,18H2,1-2H3,(H,19,20). The third-order valence-corrected chi connectivity index (χ3v) is 4.53. The molecule has 1 aromatic carbocycles. The van der Waals surface area contributed by atoms with E-state index in [1.165, 1.54) is 18.4 Å². The lowest BCUT2D eigenvalue weighted by Crippen LogP contribution is -2.16. The first kappa shape index (κ1) is 15.8. The first-order valence-corrected chi connectivity index (χ1v) is 7.66. The highest BCUT2D eigenvalue weighted by atomic mass is 16.5. The highest BCUT2D eigenvalue weighted by Crippen LogP contribution is 2.40. The molecule has 0 heterocycles. The maximum absolute atomic E-state index is 10.8. The molecule has 1 unspecified atom stereocenters. The number of rotatable bonds is 5. The lowest BCUT2D eigenvalue weighted by Gasteiger charge is -2.28. The molecule has 0 aliphatic heterocycles. The average molecular weight is 291 g/mol. The molecule has 116 valence electrons. The molecule has 0 bridgehead atoms. The van der Waals surface area contributed by atoms with Gasteiger partial charge in [0.15, 0.2) is 0 Å². The number of hydrogen-bond donors (Lipinski definition) is 2. The molecule has 21 heavy (non-hydrogen) atoms. The zero-order valence-electron chi connectivity index (χ0n) is 12.8. The highest BCUT2D eigenvalue weighted by molar-refractivity contribution is 5.68. The topological polar surface area (TPSA) is 72.5 Å². The Morgan fingerprint density at radius 2 is 2.05 bits per heavy atom. The van der Waals surface area contributed by atoms with E-state index in [9.17, 15) is 4.79 Å². The van der Waals surface area contributed by atoms with Crippen molar-refractivity contribution in [2.45, 2.75) is 51.0 Å². The molecule has 1 atom stereocenters. The van der Waals surface area contributed by atoms with Gasteiger partial charge in [0, 0.05) is 6.04 Å². The van der Waals surface area contributed by atoms with E-state index in [-0.39, 0.29) is 6.42 Å². The summed E-state index contributed by atoms with van der Waals surface area (Å²) < 4.78 is 5.48. The van der Waals surface area contributed by atoms with Crippen LogP contribution < -0.4 is 10.5 Å². The minimum absolute atomic E-state index is 0.0481. The molecular weight excluding hydrogens is 266 g/mol. The molecule has 0 amide bonds. The molecule has 4 heteroatoms. The number of carboxylic acid groups (broad SMARTS) is 1. The molecule has 4 nitrogen and oxygen atoms in total. The lowest BCUT2D eigenvalue weighted by atomic mass is 9.78. The number of benzene rings is 1. The quantitative estimate of drug-likeness (QED) is 0.871. The summed E-state index contributed by atoms with van der Waals surface area (Å²) in [6, 6.07) is 5.38. The van der Waals surface area contributed by atoms with Crippen LogP contribution in [0.15, 0.2) is 18.2 Å². The maximum Gasteiger partial charge on any atom is 0.305 e. The fraction of sp³-hybridized carbons (Fsp3) is 0.588. The first-order chi connectivity index (χ1) is 10.0. The van der Waals surface area contributed by atoms with E-state index in [0.717, 1.165) is 30.1 Å². The van der Waals surface area contributed by atoms with E-state index >= 15 is 0 Å². The van der Waals surface area contributed by atoms with Crippen LogP contribution in [0.1, 0.15) is 62.1 Å². The summed E-state index contributed by atoms with van der Waals surface area (Å²) in [7, 11) is 1.68. The zero-order chi connectivity index (χ0) is 15.4. The van der Waals surface area contributed by atoms with Crippen LogP contribution in [0.3, 0.4) is 0 Å². The largest absolute Gasteiger partial charge is 0.496 e. The van der Waals surface area contributed by atoms with E-state index in [1.807, 2.05) is 18.2 Å². The smallest absolute Gasteiger partial charge is 0.305 e. The summed E-state index contributed by atoms with van der Waals surface area (Å²) in [6.07, 6.45) is 4.75. The summed E-state index contributed by atoms with van der Waals surface area (Å²) in [5.41, 5.74) is 8.05. The summed E-state index contributed by atoms with van der Waals surface area (Å²) in [5.74, 6) is 1.31. The Morgan fingerprint density at radius 3 is 2.62 bits per heavy atom. The predicted molar refractivity (Wildman–Crippen MR) is 82.5 cm³/mol. The van der Waals surface area contributed by atoms with E-state index in [0.29, 0.717) is 5.92 Å². The van der Waals surface area contributed by atoms with Crippen molar-refractivity contribution < 1.29 is 14.6 Å². The average Bonchev–Trinajstić information content (AvgIpc) is 2.46. The van der Waals surface area contributed by atoms with Gasteiger partial charge in [-0.15, -0.1) is 0 Å². The summed E-state index contributed by atoms with van der Waals surface area (Å²) >= 11 is 0. The van der Waals surface area contributed by atoms with E-state index < -0.39 is 12.0 Å². The molecule has 0 radical (unpaired) electrons. The highest BCUT2D eigenvalue weighted by Gasteiger charge is 2.23. The predicted octanol–water partition coefficient (Wildman–Crippen LogP) is 3.46. The Balaban J connectivity index is 2.23. The van der Waals surface area contributed by atoms with Crippen molar-refractivity contribution >= 4 is 5.97 Å². The van der Waals surface area contributed by atoms with Crippen molar-refractivity contribution in [1.29, 1.82) is 0 Å². The molecule has 0 spiro atoms. The van der Waals surface area contributed by atoms with E-state index in [1.54, 1.807) is 7.11 Å². The Labute approximate surface area is 126 Å². The van der Waals surface area contributed by atoms with E-state index in [4.69, 9.17) is 15.6 Å². The molecule has 0 aromatic heterocycles. The van der Waals surface area contributed by atoms with Crippen LogP contribution in [0.2, 0.25) is 0 Å². The van der Waals surface area contributed by atoms with Gasteiger partial charge >= 0.3 is 5.97 Å². The van der Waals surface area contributed by atoms with Crippen LogP contribution in [0.5, 0.6) is 5.75 Å². The van der Waals surface area contributed by atoms with Crippen LogP contribution in [0.25, 0.3) is 0 Å². The number of methoxy groups -OCH3 is 1. The fourth-order valence-corrected chi connectivity index (χ4v) is 3.18. The van der Waals surface area contributed by atoms with Crippen LogP contribution >= 0.6 is 0 Å². The number of ether oxygens (including phenoxy) is 1. The monoisotopic (exact) mass is 291 g/mol. The molecule has 1 aliphatic carbocycles. The van der Waals surface area contributed by atoms with Gasteiger partial charge in [-0.05, 0) is 41.9 Å². The molecular formula is C17H25NO3. The molecule has 1 fully saturated rings. The Hall–Kier alpha value is -1.55. The van der Waals surface area contributed by atoms with Crippen LogP contribution in [0.4, 0.5) is 0 Å². The van der Waals surface area contributed by atoms with Gasteiger partial charge in [0.05, 0.1) is 13.5 Å². The molecule has 1 aromatic rings. The molecule has 3 N–H and O–H groups in total. The molecule has 2 rings (SSSR count). The first-order valence-electron chi connectivity index (χ1n) is 7.66. The van der Waals surface area contributed by atoms with Crippen LogP contribution in [-0.4, -0.2) is 18.2 Å². The SMILES string of the molecule is COc1ccc(C(N)CC(=O)O)cc1C1CCC(C)CC1. The van der Waals surface area contributed by atoms with Crippen molar-refractivity contribution in [2.75, 3.05) is 7.11 Å². The number of carbonyl (C=O) groups is 1. The Morgan fingerprint density at radius 1 is 1.38 bits per heavy atom. The van der Waals surface area contributed by atoms with Crippen LogP contribution in [0, 0.1) is 5.92 Å². The van der Waals surface area contributed by atoms with Gasteiger partial charge in [0.1, 0.15) is 5.75 Å². The van der Waals surface area contributed by atoms with Crippen molar-refractivity contribution in [1.82, 2.24) is 0 Å². The van der Waals surface area contributed by atoms with Crippen molar-refractivity contribution in [3.63, 3.8) is 0 Å². The zero-order valence-corrected chi connectivity index (χ0v) is 12.8. The minimum Gasteiger partial charge on any atom is -0.496 e. The second-order valence-corrected chi connectivity index (χ2v) is 6.16. The number of nitrogens with two attached hydrogens (primary N) is 1. The molecule has 1 aliphatic rings. The Kier molecular flexibility index (Phi) is 5.23. The van der Waals surface area contributed by atoms with Gasteiger partial charge in [-0.2, -0.15) is 0 Å². The number of aliphatic carboxylic acids is 1. The fourth-order valence-electron chi connectivity index (χ4n) is 3.18. The molecule has 1 saturated carbocycles. The van der Waals surface area contributed by atoms with Gasteiger partial charge in [-0.3, -0.25) is 4.79 Å². The van der Waals surface area contributed by atoms with Crippen molar-refractivity contribution in [2.24, 2.45) is 11.7 Å². The third-order valence-electron chi connectivity index (χ3n) is 4.53. The van der Waals surface area contributed by atoms with Gasteiger partial charge in [0.25, 0.3) is 0 Å². The van der Waals surface area contributed by atoms with Crippen molar-refractivity contribution in [3.05, 3.63) is 29.3 Å². The molecule has 0 saturated heterocycles. The van der Waals surface area contributed by atoms with Gasteiger partial charge in [-0.1, -0.05) is 31.9 Å². The second-order valence-electron chi connectivity index (χ2n) is 6.16. The van der Waals surface area contributed by atoms with Crippen LogP contribution in [-0.2, 0) is 4.79 Å².